The van der Waals surface area contributed by atoms with Gasteiger partial charge in [-0.15, -0.1) is 0 Å². The van der Waals surface area contributed by atoms with E-state index in [1.807, 2.05) is 31.4 Å². The molecule has 0 heterocycles. The molecule has 1 aliphatic rings. The smallest absolute Gasteiger partial charge is 0.0991 e. The van der Waals surface area contributed by atoms with Crippen LogP contribution in [-0.2, 0) is 4.74 Å². The zero-order chi connectivity index (χ0) is 15.4. The molecule has 2 aromatic rings. The molecule has 22 heavy (non-hydrogen) atoms. The third-order valence-electron chi connectivity index (χ3n) is 4.74. The van der Waals surface area contributed by atoms with Crippen molar-refractivity contribution in [3.8, 4) is 17.2 Å². The van der Waals surface area contributed by atoms with Gasteiger partial charge in [0.15, 0.2) is 0 Å². The highest BCUT2D eigenvalue weighted by atomic mass is 16.5. The van der Waals surface area contributed by atoms with Crippen molar-refractivity contribution >= 4 is 0 Å². The second-order valence-corrected chi connectivity index (χ2v) is 6.02. The van der Waals surface area contributed by atoms with Crippen LogP contribution in [0.4, 0.5) is 0 Å². The van der Waals surface area contributed by atoms with Gasteiger partial charge in [-0.1, -0.05) is 36.4 Å². The second-order valence-electron chi connectivity index (χ2n) is 6.02. The third kappa shape index (κ3) is 3.21. The van der Waals surface area contributed by atoms with Gasteiger partial charge in [0.1, 0.15) is 0 Å². The van der Waals surface area contributed by atoms with E-state index in [-0.39, 0.29) is 0 Å². The molecule has 0 bridgehead atoms. The minimum Gasteiger partial charge on any atom is -0.381 e. The fourth-order valence-corrected chi connectivity index (χ4v) is 3.32. The molecule has 112 valence electrons. The first-order chi connectivity index (χ1) is 10.8. The molecule has 0 radical (unpaired) electrons. The SMILES string of the molecule is CO[C@H]1CC[C@H](c2ccc(-c3ccc(C#N)cc3)cc2)CC1. The minimum absolute atomic E-state index is 0.453. The molecule has 0 N–H and O–H groups in total. The van der Waals surface area contributed by atoms with E-state index in [9.17, 15) is 0 Å². The Balaban J connectivity index is 1.71. The van der Waals surface area contributed by atoms with Gasteiger partial charge in [0.2, 0.25) is 0 Å². The van der Waals surface area contributed by atoms with Gasteiger partial charge in [-0.2, -0.15) is 5.26 Å². The lowest BCUT2D eigenvalue weighted by Crippen LogP contribution is -2.19. The van der Waals surface area contributed by atoms with Crippen LogP contribution in [0.2, 0.25) is 0 Å². The van der Waals surface area contributed by atoms with Crippen molar-refractivity contribution in [2.75, 3.05) is 7.11 Å². The van der Waals surface area contributed by atoms with Crippen LogP contribution in [0.15, 0.2) is 48.5 Å². The van der Waals surface area contributed by atoms with Crippen LogP contribution in [0.5, 0.6) is 0 Å². The second kappa shape index (κ2) is 6.77. The molecule has 3 rings (SSSR count). The summed E-state index contributed by atoms with van der Waals surface area (Å²) in [6.45, 7) is 0. The topological polar surface area (TPSA) is 33.0 Å². The third-order valence-corrected chi connectivity index (χ3v) is 4.74. The summed E-state index contributed by atoms with van der Waals surface area (Å²) >= 11 is 0. The van der Waals surface area contributed by atoms with E-state index in [1.165, 1.54) is 36.8 Å². The molecule has 0 aromatic heterocycles. The van der Waals surface area contributed by atoms with Crippen molar-refractivity contribution in [3.63, 3.8) is 0 Å². The summed E-state index contributed by atoms with van der Waals surface area (Å²) in [7, 11) is 1.82. The average molecular weight is 291 g/mol. The van der Waals surface area contributed by atoms with Crippen LogP contribution < -0.4 is 0 Å². The number of rotatable bonds is 3. The highest BCUT2D eigenvalue weighted by molar-refractivity contribution is 5.64. The fraction of sp³-hybridized carbons (Fsp3) is 0.350. The van der Waals surface area contributed by atoms with E-state index >= 15 is 0 Å². The van der Waals surface area contributed by atoms with Gasteiger partial charge in [0.05, 0.1) is 17.7 Å². The van der Waals surface area contributed by atoms with Gasteiger partial charge in [-0.25, -0.2) is 0 Å². The molecule has 2 heteroatoms. The molecule has 0 atom stereocenters. The molecule has 1 fully saturated rings. The zero-order valence-electron chi connectivity index (χ0n) is 13.0. The summed E-state index contributed by atoms with van der Waals surface area (Å²) in [6.07, 6.45) is 5.22. The molecular weight excluding hydrogens is 270 g/mol. The van der Waals surface area contributed by atoms with Crippen molar-refractivity contribution in [3.05, 3.63) is 59.7 Å². The van der Waals surface area contributed by atoms with E-state index < -0.39 is 0 Å². The molecule has 2 nitrogen and oxygen atoms in total. The van der Waals surface area contributed by atoms with Gasteiger partial charge < -0.3 is 4.74 Å². The minimum atomic E-state index is 0.453. The first-order valence-electron chi connectivity index (χ1n) is 7.93. The van der Waals surface area contributed by atoms with Gasteiger partial charge in [-0.3, -0.25) is 0 Å². The predicted molar refractivity (Wildman–Crippen MR) is 88.6 cm³/mol. The largest absolute Gasteiger partial charge is 0.381 e. The summed E-state index contributed by atoms with van der Waals surface area (Å²) in [5.41, 5.74) is 4.51. The normalized spacial score (nSPS) is 21.3. The highest BCUT2D eigenvalue weighted by Crippen LogP contribution is 2.34. The maximum atomic E-state index is 8.86. The Morgan fingerprint density at radius 1 is 0.864 bits per heavy atom. The van der Waals surface area contributed by atoms with Gasteiger partial charge in [-0.05, 0) is 60.4 Å². The molecule has 0 spiro atoms. The van der Waals surface area contributed by atoms with Crippen LogP contribution in [0, 0.1) is 11.3 Å². The fourth-order valence-electron chi connectivity index (χ4n) is 3.32. The summed E-state index contributed by atoms with van der Waals surface area (Å²) in [4.78, 5) is 0. The van der Waals surface area contributed by atoms with Crippen molar-refractivity contribution in [1.82, 2.24) is 0 Å². The first kappa shape index (κ1) is 14.8. The molecule has 2 aromatic carbocycles. The molecule has 1 saturated carbocycles. The van der Waals surface area contributed by atoms with E-state index in [4.69, 9.17) is 10.00 Å². The summed E-state index contributed by atoms with van der Waals surface area (Å²) in [6, 6.07) is 18.8. The summed E-state index contributed by atoms with van der Waals surface area (Å²) in [5, 5.41) is 8.86. The number of ether oxygens (including phenoxy) is 1. The number of methoxy groups -OCH3 is 1. The molecule has 0 unspecified atom stereocenters. The number of nitriles is 1. The van der Waals surface area contributed by atoms with Crippen LogP contribution >= 0.6 is 0 Å². The first-order valence-corrected chi connectivity index (χ1v) is 7.93. The Morgan fingerprint density at radius 2 is 1.41 bits per heavy atom. The molecule has 0 aliphatic heterocycles. The number of hydrogen-bond donors (Lipinski definition) is 0. The van der Waals surface area contributed by atoms with E-state index in [0.717, 1.165) is 5.56 Å². The summed E-state index contributed by atoms with van der Waals surface area (Å²) in [5.74, 6) is 0.668. The average Bonchev–Trinajstić information content (AvgIpc) is 2.62. The van der Waals surface area contributed by atoms with Crippen molar-refractivity contribution in [1.29, 1.82) is 5.26 Å². The van der Waals surface area contributed by atoms with Crippen LogP contribution in [-0.4, -0.2) is 13.2 Å². The quantitative estimate of drug-likeness (QED) is 0.806. The Bertz CT molecular complexity index is 644. The lowest BCUT2D eigenvalue weighted by molar-refractivity contribution is 0.0659. The molecule has 0 amide bonds. The Morgan fingerprint density at radius 3 is 1.91 bits per heavy atom. The standard InChI is InChI=1S/C20H21NO/c1-22-20-12-10-19(11-13-20)18-8-6-17(7-9-18)16-4-2-15(14-21)3-5-16/h2-9,19-20H,10-13H2,1H3/t19-,20-. The highest BCUT2D eigenvalue weighted by Gasteiger charge is 2.21. The number of hydrogen-bond acceptors (Lipinski definition) is 2. The monoisotopic (exact) mass is 291 g/mol. The van der Waals surface area contributed by atoms with Crippen LogP contribution in [0.25, 0.3) is 11.1 Å². The Hall–Kier alpha value is -2.11. The van der Waals surface area contributed by atoms with Gasteiger partial charge in [0, 0.05) is 7.11 Å². The zero-order valence-corrected chi connectivity index (χ0v) is 13.0. The number of benzene rings is 2. The number of nitrogens with zero attached hydrogens (tertiary/aromatic N) is 1. The maximum Gasteiger partial charge on any atom is 0.0991 e. The van der Waals surface area contributed by atoms with Gasteiger partial charge in [0.25, 0.3) is 0 Å². The van der Waals surface area contributed by atoms with Crippen molar-refractivity contribution < 1.29 is 4.74 Å². The molecular formula is C20H21NO. The van der Waals surface area contributed by atoms with Gasteiger partial charge >= 0.3 is 0 Å². The molecule has 0 saturated heterocycles. The van der Waals surface area contributed by atoms with E-state index in [1.54, 1.807) is 0 Å². The lowest BCUT2D eigenvalue weighted by Gasteiger charge is -2.27. The van der Waals surface area contributed by atoms with E-state index in [0.29, 0.717) is 17.6 Å². The Kier molecular flexibility index (Phi) is 4.56. The van der Waals surface area contributed by atoms with Crippen molar-refractivity contribution in [2.45, 2.75) is 37.7 Å². The Labute approximate surface area is 132 Å². The summed E-state index contributed by atoms with van der Waals surface area (Å²) < 4.78 is 5.45. The van der Waals surface area contributed by atoms with Crippen LogP contribution in [0.1, 0.15) is 42.7 Å². The van der Waals surface area contributed by atoms with Crippen molar-refractivity contribution in [2.24, 2.45) is 0 Å². The van der Waals surface area contributed by atoms with E-state index in [2.05, 4.69) is 30.3 Å². The molecule has 1 aliphatic carbocycles. The predicted octanol–water partition coefficient (Wildman–Crippen LogP) is 4.90. The lowest BCUT2D eigenvalue weighted by atomic mass is 9.82. The van der Waals surface area contributed by atoms with Crippen LogP contribution in [0.3, 0.4) is 0 Å². The maximum absolute atomic E-state index is 8.86.